The Balaban J connectivity index is 1.34. The van der Waals surface area contributed by atoms with Gasteiger partial charge in [-0.05, 0) is 59.2 Å². The number of nitrogens with zero attached hydrogens (tertiary/aromatic N) is 1. The van der Waals surface area contributed by atoms with E-state index in [9.17, 15) is 4.79 Å². The van der Waals surface area contributed by atoms with E-state index >= 15 is 0 Å². The molecule has 1 aromatic heterocycles. The lowest BCUT2D eigenvalue weighted by molar-refractivity contribution is -0.127. The number of carbonyl (C=O) groups is 1. The van der Waals surface area contributed by atoms with Crippen molar-refractivity contribution in [2.75, 3.05) is 7.11 Å². The minimum atomic E-state index is -0.552. The summed E-state index contributed by atoms with van der Waals surface area (Å²) in [4.78, 5) is 16.5. The fourth-order valence-corrected chi connectivity index (χ4v) is 3.44. The van der Waals surface area contributed by atoms with Gasteiger partial charge in [0, 0.05) is 30.4 Å². The summed E-state index contributed by atoms with van der Waals surface area (Å²) in [5.41, 5.74) is 2.86. The molecule has 0 spiro atoms. The zero-order valence-corrected chi connectivity index (χ0v) is 17.2. The van der Waals surface area contributed by atoms with E-state index in [-0.39, 0.29) is 5.91 Å². The van der Waals surface area contributed by atoms with Crippen LogP contribution in [0.2, 0.25) is 5.02 Å². The Labute approximate surface area is 179 Å². The lowest BCUT2D eigenvalue weighted by Gasteiger charge is -2.14. The maximum atomic E-state index is 12.5. The van der Waals surface area contributed by atoms with Crippen molar-refractivity contribution in [1.82, 2.24) is 10.3 Å². The fraction of sp³-hybridized carbons (Fsp3) is 0.217. The topological polar surface area (TPSA) is 69.7 Å². The molecule has 154 valence electrons. The van der Waals surface area contributed by atoms with Crippen LogP contribution in [-0.2, 0) is 24.4 Å². The van der Waals surface area contributed by atoms with Gasteiger partial charge in [0.1, 0.15) is 12.4 Å². The molecule has 2 aromatic carbocycles. The smallest absolute Gasteiger partial charge is 0.261 e. The van der Waals surface area contributed by atoms with Crippen molar-refractivity contribution < 1.29 is 19.0 Å². The summed E-state index contributed by atoms with van der Waals surface area (Å²) < 4.78 is 17.0. The Hall–Kier alpha value is -3.25. The molecule has 3 aromatic rings. The lowest BCUT2D eigenvalue weighted by atomic mass is 10.1. The zero-order valence-electron chi connectivity index (χ0n) is 16.4. The van der Waals surface area contributed by atoms with Gasteiger partial charge in [-0.15, -0.1) is 0 Å². The Bertz CT molecular complexity index is 1040. The van der Waals surface area contributed by atoms with Crippen LogP contribution < -0.4 is 19.5 Å². The Morgan fingerprint density at radius 2 is 1.97 bits per heavy atom. The highest BCUT2D eigenvalue weighted by Crippen LogP contribution is 2.31. The molecule has 0 bridgehead atoms. The van der Waals surface area contributed by atoms with Crippen LogP contribution in [0.3, 0.4) is 0 Å². The van der Waals surface area contributed by atoms with Crippen LogP contribution in [0.1, 0.15) is 16.7 Å². The van der Waals surface area contributed by atoms with Crippen molar-refractivity contribution in [1.29, 1.82) is 0 Å². The van der Waals surface area contributed by atoms with Gasteiger partial charge in [0.15, 0.2) is 17.6 Å². The van der Waals surface area contributed by atoms with Gasteiger partial charge in [0.05, 0.1) is 7.11 Å². The Morgan fingerprint density at radius 3 is 2.77 bits per heavy atom. The van der Waals surface area contributed by atoms with Gasteiger partial charge in [-0.3, -0.25) is 9.78 Å². The van der Waals surface area contributed by atoms with E-state index in [1.807, 2.05) is 36.4 Å². The van der Waals surface area contributed by atoms with Crippen molar-refractivity contribution in [3.8, 4) is 17.2 Å². The first-order valence-electron chi connectivity index (χ1n) is 9.54. The number of benzene rings is 2. The van der Waals surface area contributed by atoms with E-state index in [0.717, 1.165) is 16.7 Å². The van der Waals surface area contributed by atoms with Crippen LogP contribution in [0.4, 0.5) is 0 Å². The number of halogens is 1. The molecule has 1 amide bonds. The molecule has 4 rings (SSSR count). The second-order valence-corrected chi connectivity index (χ2v) is 7.35. The SMILES string of the molecule is COc1cc(CNC(=O)[C@H]2Cc3cc(Cl)ccc3O2)ccc1OCc1ccncc1. The highest BCUT2D eigenvalue weighted by molar-refractivity contribution is 6.30. The van der Waals surface area contributed by atoms with E-state index in [0.29, 0.717) is 41.8 Å². The molecule has 1 aliphatic heterocycles. The standard InChI is InChI=1S/C23H21ClN2O4/c1-28-21-10-16(2-4-20(21)29-14-15-6-8-25-9-7-15)13-26-23(27)22-12-17-11-18(24)3-5-19(17)30-22/h2-11,22H,12-14H2,1H3,(H,26,27)/t22-/m1/s1. The normalized spacial score (nSPS) is 14.5. The number of nitrogens with one attached hydrogen (secondary N) is 1. The van der Waals surface area contributed by atoms with Crippen LogP contribution in [0.15, 0.2) is 60.9 Å². The number of hydrogen-bond donors (Lipinski definition) is 1. The second kappa shape index (κ2) is 9.05. The Morgan fingerprint density at radius 1 is 1.13 bits per heavy atom. The largest absolute Gasteiger partial charge is 0.493 e. The van der Waals surface area contributed by atoms with Gasteiger partial charge < -0.3 is 19.5 Å². The van der Waals surface area contributed by atoms with Gasteiger partial charge in [-0.1, -0.05) is 17.7 Å². The third kappa shape index (κ3) is 4.66. The first-order chi connectivity index (χ1) is 14.6. The third-order valence-electron chi connectivity index (χ3n) is 4.83. The summed E-state index contributed by atoms with van der Waals surface area (Å²) in [5.74, 6) is 1.78. The molecule has 7 heteroatoms. The average molecular weight is 425 g/mol. The van der Waals surface area contributed by atoms with Crippen LogP contribution in [0, 0.1) is 0 Å². The molecule has 1 N–H and O–H groups in total. The Kier molecular flexibility index (Phi) is 6.05. The van der Waals surface area contributed by atoms with Gasteiger partial charge in [0.2, 0.25) is 0 Å². The van der Waals surface area contributed by atoms with Crippen LogP contribution in [0.5, 0.6) is 17.2 Å². The van der Waals surface area contributed by atoms with Crippen molar-refractivity contribution in [2.45, 2.75) is 25.7 Å². The number of fused-ring (bicyclic) bond motifs is 1. The number of hydrogen-bond acceptors (Lipinski definition) is 5. The van der Waals surface area contributed by atoms with Gasteiger partial charge >= 0.3 is 0 Å². The molecule has 0 unspecified atom stereocenters. The predicted octanol–water partition coefficient (Wildman–Crippen LogP) is 3.94. The number of ether oxygens (including phenoxy) is 3. The number of rotatable bonds is 7. The van der Waals surface area contributed by atoms with E-state index in [1.165, 1.54) is 0 Å². The third-order valence-corrected chi connectivity index (χ3v) is 5.06. The van der Waals surface area contributed by atoms with Crippen LogP contribution in [-0.4, -0.2) is 24.1 Å². The quantitative estimate of drug-likeness (QED) is 0.622. The molecule has 1 atom stereocenters. The number of aromatic nitrogens is 1. The molecule has 0 radical (unpaired) electrons. The van der Waals surface area contributed by atoms with Crippen LogP contribution in [0.25, 0.3) is 0 Å². The summed E-state index contributed by atoms with van der Waals surface area (Å²) in [7, 11) is 1.59. The summed E-state index contributed by atoms with van der Waals surface area (Å²) in [5, 5.41) is 3.55. The number of pyridine rings is 1. The minimum absolute atomic E-state index is 0.167. The van der Waals surface area contributed by atoms with E-state index in [4.69, 9.17) is 25.8 Å². The summed E-state index contributed by atoms with van der Waals surface area (Å²) in [6, 6.07) is 14.8. The van der Waals surface area contributed by atoms with E-state index in [2.05, 4.69) is 10.3 Å². The van der Waals surface area contributed by atoms with Gasteiger partial charge in [0.25, 0.3) is 5.91 Å². The highest BCUT2D eigenvalue weighted by Gasteiger charge is 2.29. The van der Waals surface area contributed by atoms with E-state index < -0.39 is 6.10 Å². The molecular weight excluding hydrogens is 404 g/mol. The van der Waals surface area contributed by atoms with Crippen molar-refractivity contribution >= 4 is 17.5 Å². The molecule has 0 saturated carbocycles. The first kappa shape index (κ1) is 20.0. The monoisotopic (exact) mass is 424 g/mol. The summed E-state index contributed by atoms with van der Waals surface area (Å²) in [6.07, 6.45) is 3.40. The van der Waals surface area contributed by atoms with Crippen molar-refractivity contribution in [2.24, 2.45) is 0 Å². The van der Waals surface area contributed by atoms with Crippen molar-refractivity contribution in [3.05, 3.63) is 82.6 Å². The molecule has 0 aliphatic carbocycles. The molecule has 1 aliphatic rings. The number of methoxy groups -OCH3 is 1. The van der Waals surface area contributed by atoms with Gasteiger partial charge in [-0.2, -0.15) is 0 Å². The average Bonchev–Trinajstić information content (AvgIpc) is 3.20. The maximum Gasteiger partial charge on any atom is 0.261 e. The fourth-order valence-electron chi connectivity index (χ4n) is 3.25. The molecule has 2 heterocycles. The second-order valence-electron chi connectivity index (χ2n) is 6.91. The minimum Gasteiger partial charge on any atom is -0.493 e. The number of amides is 1. The first-order valence-corrected chi connectivity index (χ1v) is 9.91. The van der Waals surface area contributed by atoms with Gasteiger partial charge in [-0.25, -0.2) is 0 Å². The molecule has 30 heavy (non-hydrogen) atoms. The zero-order chi connectivity index (χ0) is 20.9. The molecule has 0 saturated heterocycles. The summed E-state index contributed by atoms with van der Waals surface area (Å²) >= 11 is 6.01. The highest BCUT2D eigenvalue weighted by atomic mass is 35.5. The predicted molar refractivity (Wildman–Crippen MR) is 113 cm³/mol. The summed E-state index contributed by atoms with van der Waals surface area (Å²) in [6.45, 7) is 0.773. The maximum absolute atomic E-state index is 12.5. The molecule has 0 fully saturated rings. The van der Waals surface area contributed by atoms with Crippen LogP contribution >= 0.6 is 11.6 Å². The lowest BCUT2D eigenvalue weighted by Crippen LogP contribution is -2.37. The molecule has 6 nitrogen and oxygen atoms in total. The number of carbonyl (C=O) groups excluding carboxylic acids is 1. The molecular formula is C23H21ClN2O4. The van der Waals surface area contributed by atoms with E-state index in [1.54, 1.807) is 31.6 Å². The van der Waals surface area contributed by atoms with Crippen molar-refractivity contribution in [3.63, 3.8) is 0 Å².